The number of ether oxygens (including phenoxy) is 1. The Labute approximate surface area is 71.2 Å². The van der Waals surface area contributed by atoms with Gasteiger partial charge in [0, 0.05) is 5.92 Å². The van der Waals surface area contributed by atoms with Crippen molar-refractivity contribution in [2.24, 2.45) is 0 Å². The quantitative estimate of drug-likeness (QED) is 0.697. The maximum Gasteiger partial charge on any atom is 0.224 e. The molecule has 0 aromatic carbocycles. The average molecular weight is 171 g/mol. The smallest absolute Gasteiger partial charge is 0.224 e. The Bertz CT molecular complexity index is 220. The Kier molecular flexibility index (Phi) is 2.88. The first kappa shape index (κ1) is 8.53. The molecule has 62 valence electrons. The molecule has 1 aromatic rings. The van der Waals surface area contributed by atoms with E-state index in [1.165, 1.54) is 0 Å². The van der Waals surface area contributed by atoms with E-state index in [1.54, 1.807) is 11.3 Å². The van der Waals surface area contributed by atoms with Gasteiger partial charge in [0.2, 0.25) is 5.88 Å². The van der Waals surface area contributed by atoms with Crippen LogP contribution in [0.15, 0.2) is 5.38 Å². The van der Waals surface area contributed by atoms with Gasteiger partial charge in [0.05, 0.1) is 17.0 Å². The van der Waals surface area contributed by atoms with Gasteiger partial charge in [0.1, 0.15) is 0 Å². The first-order valence-corrected chi connectivity index (χ1v) is 4.70. The van der Waals surface area contributed by atoms with E-state index in [4.69, 9.17) is 4.74 Å². The summed E-state index contributed by atoms with van der Waals surface area (Å²) in [6.07, 6.45) is 0. The number of hydrogen-bond acceptors (Lipinski definition) is 3. The summed E-state index contributed by atoms with van der Waals surface area (Å²) in [6.45, 7) is 6.93. The molecule has 0 aliphatic rings. The Morgan fingerprint density at radius 3 is 2.82 bits per heavy atom. The molecule has 1 rings (SSSR count). The molecule has 0 bridgehead atoms. The lowest BCUT2D eigenvalue weighted by Crippen LogP contribution is -1.92. The molecule has 0 saturated heterocycles. The number of aromatic nitrogens is 1. The number of nitrogens with zero attached hydrogens (tertiary/aromatic N) is 1. The van der Waals surface area contributed by atoms with Crippen LogP contribution in [0.5, 0.6) is 5.88 Å². The lowest BCUT2D eigenvalue weighted by molar-refractivity contribution is 0.328. The fourth-order valence-electron chi connectivity index (χ4n) is 0.751. The molecular weight excluding hydrogens is 158 g/mol. The third-order valence-corrected chi connectivity index (χ3v) is 2.41. The molecule has 11 heavy (non-hydrogen) atoms. The monoisotopic (exact) mass is 171 g/mol. The van der Waals surface area contributed by atoms with E-state index in [2.05, 4.69) is 18.8 Å². The molecule has 2 nitrogen and oxygen atoms in total. The zero-order valence-electron chi connectivity index (χ0n) is 7.13. The summed E-state index contributed by atoms with van der Waals surface area (Å²) in [4.78, 5) is 4.30. The maximum absolute atomic E-state index is 5.24. The molecule has 0 aliphatic carbocycles. The Hall–Kier alpha value is -0.570. The van der Waals surface area contributed by atoms with Gasteiger partial charge in [-0.1, -0.05) is 13.8 Å². The summed E-state index contributed by atoms with van der Waals surface area (Å²) in [5.74, 6) is 1.27. The highest BCUT2D eigenvalue weighted by Gasteiger charge is 2.04. The molecule has 0 amide bonds. The Morgan fingerprint density at radius 2 is 2.36 bits per heavy atom. The van der Waals surface area contributed by atoms with Crippen LogP contribution in [0, 0.1) is 0 Å². The largest absolute Gasteiger partial charge is 0.477 e. The average Bonchev–Trinajstić information content (AvgIpc) is 2.37. The minimum Gasteiger partial charge on any atom is -0.477 e. The van der Waals surface area contributed by atoms with Crippen LogP contribution in [0.25, 0.3) is 0 Å². The van der Waals surface area contributed by atoms with Crippen LogP contribution >= 0.6 is 11.3 Å². The van der Waals surface area contributed by atoms with Gasteiger partial charge in [0.25, 0.3) is 0 Å². The summed E-state index contributed by atoms with van der Waals surface area (Å²) < 4.78 is 5.24. The van der Waals surface area contributed by atoms with Crippen molar-refractivity contribution in [1.29, 1.82) is 0 Å². The van der Waals surface area contributed by atoms with Crippen LogP contribution in [-0.2, 0) is 0 Å². The van der Waals surface area contributed by atoms with Gasteiger partial charge < -0.3 is 4.74 Å². The summed E-state index contributed by atoms with van der Waals surface area (Å²) in [6, 6.07) is 0. The third-order valence-electron chi connectivity index (χ3n) is 1.29. The normalized spacial score (nSPS) is 10.5. The molecule has 0 spiro atoms. The van der Waals surface area contributed by atoms with Crippen LogP contribution < -0.4 is 4.74 Å². The summed E-state index contributed by atoms with van der Waals surface area (Å²) in [5, 5.41) is 3.10. The molecule has 3 heteroatoms. The minimum absolute atomic E-state index is 0.509. The fraction of sp³-hybridized carbons (Fsp3) is 0.625. The van der Waals surface area contributed by atoms with Gasteiger partial charge in [-0.05, 0) is 6.92 Å². The van der Waals surface area contributed by atoms with E-state index in [-0.39, 0.29) is 0 Å². The highest BCUT2D eigenvalue weighted by molar-refractivity contribution is 7.09. The molecule has 0 fully saturated rings. The van der Waals surface area contributed by atoms with Crippen LogP contribution in [-0.4, -0.2) is 11.6 Å². The Balaban J connectivity index is 2.66. The van der Waals surface area contributed by atoms with E-state index in [0.29, 0.717) is 12.5 Å². The van der Waals surface area contributed by atoms with E-state index in [1.807, 2.05) is 12.3 Å². The lowest BCUT2D eigenvalue weighted by atomic mass is 10.2. The summed E-state index contributed by atoms with van der Waals surface area (Å²) in [5.41, 5.74) is 0. The molecule has 0 atom stereocenters. The zero-order valence-corrected chi connectivity index (χ0v) is 7.94. The van der Waals surface area contributed by atoms with Crippen LogP contribution in [0.2, 0.25) is 0 Å². The molecule has 0 aliphatic heterocycles. The standard InChI is InChI=1S/C8H13NOS/c1-4-10-7-5-11-8(9-7)6(2)3/h5-6H,4H2,1-3H3. The second kappa shape index (κ2) is 3.72. The van der Waals surface area contributed by atoms with Crippen molar-refractivity contribution in [2.75, 3.05) is 6.61 Å². The fourth-order valence-corrected chi connectivity index (χ4v) is 1.51. The predicted octanol–water partition coefficient (Wildman–Crippen LogP) is 2.67. The molecule has 0 radical (unpaired) electrons. The number of hydrogen-bond donors (Lipinski definition) is 0. The molecule has 0 N–H and O–H groups in total. The third kappa shape index (κ3) is 2.19. The predicted molar refractivity (Wildman–Crippen MR) is 47.4 cm³/mol. The van der Waals surface area contributed by atoms with Gasteiger partial charge in [-0.2, -0.15) is 0 Å². The van der Waals surface area contributed by atoms with Gasteiger partial charge in [-0.3, -0.25) is 0 Å². The summed E-state index contributed by atoms with van der Waals surface area (Å²) >= 11 is 1.66. The van der Waals surface area contributed by atoms with Crippen LogP contribution in [0.4, 0.5) is 0 Å². The van der Waals surface area contributed by atoms with Crippen molar-refractivity contribution < 1.29 is 4.74 Å². The summed E-state index contributed by atoms with van der Waals surface area (Å²) in [7, 11) is 0. The minimum atomic E-state index is 0.509. The molecule has 1 aromatic heterocycles. The SMILES string of the molecule is CCOc1csc(C(C)C)n1. The topological polar surface area (TPSA) is 22.1 Å². The molecular formula is C8H13NOS. The molecule has 0 saturated carbocycles. The highest BCUT2D eigenvalue weighted by Crippen LogP contribution is 2.22. The maximum atomic E-state index is 5.24. The van der Waals surface area contributed by atoms with Gasteiger partial charge in [-0.15, -0.1) is 11.3 Å². The van der Waals surface area contributed by atoms with Crippen molar-refractivity contribution >= 4 is 11.3 Å². The number of thiazole rings is 1. The molecule has 1 heterocycles. The zero-order chi connectivity index (χ0) is 8.27. The van der Waals surface area contributed by atoms with Crippen LogP contribution in [0.3, 0.4) is 0 Å². The van der Waals surface area contributed by atoms with Crippen molar-refractivity contribution in [3.05, 3.63) is 10.4 Å². The molecule has 0 unspecified atom stereocenters. The Morgan fingerprint density at radius 1 is 1.64 bits per heavy atom. The second-order valence-corrected chi connectivity index (χ2v) is 3.50. The number of rotatable bonds is 3. The first-order chi connectivity index (χ1) is 5.24. The van der Waals surface area contributed by atoms with E-state index in [0.717, 1.165) is 10.9 Å². The van der Waals surface area contributed by atoms with Crippen LogP contribution in [0.1, 0.15) is 31.7 Å². The van der Waals surface area contributed by atoms with Gasteiger partial charge >= 0.3 is 0 Å². The van der Waals surface area contributed by atoms with Crippen molar-refractivity contribution in [3.63, 3.8) is 0 Å². The highest BCUT2D eigenvalue weighted by atomic mass is 32.1. The van der Waals surface area contributed by atoms with Crippen molar-refractivity contribution in [2.45, 2.75) is 26.7 Å². The first-order valence-electron chi connectivity index (χ1n) is 3.82. The van der Waals surface area contributed by atoms with Crippen molar-refractivity contribution in [3.8, 4) is 5.88 Å². The van der Waals surface area contributed by atoms with E-state index < -0.39 is 0 Å². The second-order valence-electron chi connectivity index (χ2n) is 2.61. The van der Waals surface area contributed by atoms with E-state index in [9.17, 15) is 0 Å². The lowest BCUT2D eigenvalue weighted by Gasteiger charge is -1.97. The van der Waals surface area contributed by atoms with Gasteiger partial charge in [0.15, 0.2) is 0 Å². The van der Waals surface area contributed by atoms with Crippen molar-refractivity contribution in [1.82, 2.24) is 4.98 Å². The van der Waals surface area contributed by atoms with Gasteiger partial charge in [-0.25, -0.2) is 4.98 Å². The van der Waals surface area contributed by atoms with E-state index >= 15 is 0 Å².